The van der Waals surface area contributed by atoms with Crippen LogP contribution in [0.15, 0.2) is 12.1 Å². The molecule has 3 heterocycles. The van der Waals surface area contributed by atoms with E-state index in [4.69, 9.17) is 34.8 Å². The van der Waals surface area contributed by atoms with Crippen LogP contribution in [0.3, 0.4) is 0 Å². The van der Waals surface area contributed by atoms with Gasteiger partial charge >= 0.3 is 0 Å². The van der Waals surface area contributed by atoms with Gasteiger partial charge in [-0.2, -0.15) is 0 Å². The fourth-order valence-corrected chi connectivity index (χ4v) is 3.68. The van der Waals surface area contributed by atoms with Gasteiger partial charge < -0.3 is 9.80 Å². The minimum Gasteiger partial charge on any atom is -0.320 e. The van der Waals surface area contributed by atoms with Crippen molar-refractivity contribution in [3.8, 4) is 0 Å². The van der Waals surface area contributed by atoms with Crippen molar-refractivity contribution < 1.29 is 9.28 Å². The molecular formula is C14H17Cl3N3O+. The maximum absolute atomic E-state index is 12.3. The Morgan fingerprint density at radius 1 is 1.05 bits per heavy atom. The zero-order chi connectivity index (χ0) is 15.0. The summed E-state index contributed by atoms with van der Waals surface area (Å²) < 4.78 is 0.876. The van der Waals surface area contributed by atoms with E-state index in [9.17, 15) is 4.79 Å². The van der Waals surface area contributed by atoms with Gasteiger partial charge in [-0.05, 0) is 12.1 Å². The summed E-state index contributed by atoms with van der Waals surface area (Å²) >= 11 is 18.0. The van der Waals surface area contributed by atoms with Gasteiger partial charge in [0, 0.05) is 19.6 Å². The molecule has 1 N–H and O–H groups in total. The van der Waals surface area contributed by atoms with E-state index in [0.29, 0.717) is 27.3 Å². The van der Waals surface area contributed by atoms with E-state index in [1.54, 1.807) is 12.1 Å². The van der Waals surface area contributed by atoms with Crippen LogP contribution in [0.4, 0.5) is 5.69 Å². The van der Waals surface area contributed by atoms with Crippen molar-refractivity contribution in [2.45, 2.75) is 0 Å². The van der Waals surface area contributed by atoms with E-state index in [-0.39, 0.29) is 5.91 Å². The van der Waals surface area contributed by atoms with E-state index in [1.165, 1.54) is 0 Å². The van der Waals surface area contributed by atoms with Gasteiger partial charge in [0.1, 0.15) is 0 Å². The number of anilines is 1. The zero-order valence-electron chi connectivity index (χ0n) is 11.5. The smallest absolute Gasteiger partial charge is 0.279 e. The number of quaternary nitrogens is 1. The number of amides is 1. The summed E-state index contributed by atoms with van der Waals surface area (Å²) in [5.41, 5.74) is 0.518. The number of nitrogens with one attached hydrogen (secondary N) is 1. The predicted octanol–water partition coefficient (Wildman–Crippen LogP) is 2.73. The van der Waals surface area contributed by atoms with Gasteiger partial charge in [0.15, 0.2) is 6.54 Å². The van der Waals surface area contributed by atoms with Gasteiger partial charge in [-0.15, -0.1) is 0 Å². The number of hydrogen-bond acceptors (Lipinski definition) is 2. The molecule has 1 aromatic carbocycles. The molecule has 3 aliphatic heterocycles. The fraction of sp³-hybridized carbons (Fsp3) is 0.500. The second-order valence-corrected chi connectivity index (χ2v) is 7.03. The van der Waals surface area contributed by atoms with E-state index in [1.807, 2.05) is 0 Å². The Hall–Kier alpha value is -0.520. The molecule has 0 aromatic heterocycles. The highest BCUT2D eigenvalue weighted by Crippen LogP contribution is 2.32. The number of carbonyl (C=O) groups is 1. The molecule has 21 heavy (non-hydrogen) atoms. The van der Waals surface area contributed by atoms with Gasteiger partial charge in [-0.25, -0.2) is 0 Å². The van der Waals surface area contributed by atoms with Crippen molar-refractivity contribution >= 4 is 46.4 Å². The highest BCUT2D eigenvalue weighted by atomic mass is 35.5. The second kappa shape index (κ2) is 5.94. The SMILES string of the molecule is O=C(C[N+]12CCN(CC1)CC2)Nc1cc(Cl)c(Cl)cc1Cl. The Morgan fingerprint density at radius 3 is 2.24 bits per heavy atom. The van der Waals surface area contributed by atoms with Gasteiger partial charge in [0.2, 0.25) is 0 Å². The van der Waals surface area contributed by atoms with E-state index >= 15 is 0 Å². The maximum atomic E-state index is 12.3. The summed E-state index contributed by atoms with van der Waals surface area (Å²) in [5.74, 6) is -0.0226. The number of halogens is 3. The molecule has 3 fully saturated rings. The van der Waals surface area contributed by atoms with Crippen molar-refractivity contribution in [2.24, 2.45) is 0 Å². The maximum Gasteiger partial charge on any atom is 0.279 e. The number of carbonyl (C=O) groups excluding carboxylic acids is 1. The fourth-order valence-electron chi connectivity index (χ4n) is 3.08. The van der Waals surface area contributed by atoms with Crippen LogP contribution in [0.25, 0.3) is 0 Å². The van der Waals surface area contributed by atoms with Crippen LogP contribution in [0.5, 0.6) is 0 Å². The minimum absolute atomic E-state index is 0.0226. The lowest BCUT2D eigenvalue weighted by atomic mass is 10.1. The highest BCUT2D eigenvalue weighted by molar-refractivity contribution is 6.44. The van der Waals surface area contributed by atoms with Crippen molar-refractivity contribution in [1.29, 1.82) is 0 Å². The Morgan fingerprint density at radius 2 is 1.62 bits per heavy atom. The molecule has 1 amide bonds. The van der Waals surface area contributed by atoms with Crippen molar-refractivity contribution in [3.63, 3.8) is 0 Å². The summed E-state index contributed by atoms with van der Waals surface area (Å²) in [5, 5.41) is 4.03. The summed E-state index contributed by atoms with van der Waals surface area (Å²) in [6, 6.07) is 3.14. The molecule has 3 aliphatic rings. The average Bonchev–Trinajstić information content (AvgIpc) is 2.46. The van der Waals surface area contributed by atoms with E-state index < -0.39 is 0 Å². The van der Waals surface area contributed by atoms with Gasteiger partial charge in [0.05, 0.1) is 40.4 Å². The summed E-state index contributed by atoms with van der Waals surface area (Å²) in [7, 11) is 0. The van der Waals surface area contributed by atoms with Crippen LogP contribution in [0.2, 0.25) is 15.1 Å². The van der Waals surface area contributed by atoms with Crippen molar-refractivity contribution in [2.75, 3.05) is 51.1 Å². The topological polar surface area (TPSA) is 32.3 Å². The molecule has 4 nitrogen and oxygen atoms in total. The standard InChI is InChI=1S/C14H16Cl3N3O/c15-10-7-12(17)13(8-11(10)16)18-14(21)9-20-4-1-19(2-5-20)3-6-20/h7-8H,1-6,9H2/p+1. The highest BCUT2D eigenvalue weighted by Gasteiger charge is 2.39. The van der Waals surface area contributed by atoms with Gasteiger partial charge in [-0.3, -0.25) is 9.69 Å². The summed E-state index contributed by atoms with van der Waals surface area (Å²) in [4.78, 5) is 14.8. The van der Waals surface area contributed by atoms with Crippen LogP contribution >= 0.6 is 34.8 Å². The Kier molecular flexibility index (Phi) is 4.35. The molecule has 4 rings (SSSR count). The number of piperazine rings is 3. The third kappa shape index (κ3) is 3.30. The molecule has 0 spiro atoms. The van der Waals surface area contributed by atoms with Crippen LogP contribution in [0.1, 0.15) is 0 Å². The molecule has 0 atom stereocenters. The number of hydrogen-bond donors (Lipinski definition) is 1. The summed E-state index contributed by atoms with van der Waals surface area (Å²) in [6.07, 6.45) is 0. The molecule has 0 radical (unpaired) electrons. The van der Waals surface area contributed by atoms with Gasteiger partial charge in [-0.1, -0.05) is 34.8 Å². The first-order chi connectivity index (χ1) is 9.97. The molecule has 2 bridgehead atoms. The first-order valence-electron chi connectivity index (χ1n) is 6.99. The number of benzene rings is 1. The summed E-state index contributed by atoms with van der Waals surface area (Å²) in [6.45, 7) is 6.88. The Labute approximate surface area is 139 Å². The van der Waals surface area contributed by atoms with E-state index in [2.05, 4.69) is 10.2 Å². The molecule has 7 heteroatoms. The van der Waals surface area contributed by atoms with Gasteiger partial charge in [0.25, 0.3) is 5.91 Å². The molecule has 0 saturated carbocycles. The largest absolute Gasteiger partial charge is 0.320 e. The average molecular weight is 350 g/mol. The van der Waals surface area contributed by atoms with Crippen molar-refractivity contribution in [3.05, 3.63) is 27.2 Å². The lowest BCUT2D eigenvalue weighted by Gasteiger charge is -2.50. The predicted molar refractivity (Wildman–Crippen MR) is 86.3 cm³/mol. The quantitative estimate of drug-likeness (QED) is 0.672. The Bertz CT molecular complexity index is 557. The molecule has 3 saturated heterocycles. The lowest BCUT2D eigenvalue weighted by molar-refractivity contribution is -0.933. The number of nitrogens with zero attached hydrogens (tertiary/aromatic N) is 2. The molecule has 114 valence electrons. The van der Waals surface area contributed by atoms with E-state index in [0.717, 1.165) is 43.8 Å². The first kappa shape index (κ1) is 15.4. The first-order valence-corrected chi connectivity index (χ1v) is 8.13. The third-order valence-corrected chi connectivity index (χ3v) is 5.47. The lowest BCUT2D eigenvalue weighted by Crippen LogP contribution is -2.68. The minimum atomic E-state index is -0.0226. The van der Waals surface area contributed by atoms with Crippen LogP contribution in [0, 0.1) is 0 Å². The monoisotopic (exact) mass is 348 g/mol. The van der Waals surface area contributed by atoms with Crippen LogP contribution in [-0.2, 0) is 4.79 Å². The normalized spacial score (nSPS) is 27.7. The zero-order valence-corrected chi connectivity index (χ0v) is 13.8. The molecule has 0 aliphatic carbocycles. The Balaban J connectivity index is 1.68. The number of fused-ring (bicyclic) bond motifs is 3. The number of rotatable bonds is 3. The third-order valence-electron chi connectivity index (χ3n) is 4.43. The van der Waals surface area contributed by atoms with Crippen LogP contribution < -0.4 is 5.32 Å². The van der Waals surface area contributed by atoms with Crippen molar-refractivity contribution in [1.82, 2.24) is 4.90 Å². The second-order valence-electron chi connectivity index (χ2n) is 5.81. The molecular weight excluding hydrogens is 333 g/mol. The molecule has 1 aromatic rings. The van der Waals surface area contributed by atoms with Crippen LogP contribution in [-0.4, -0.2) is 61.1 Å². The molecule has 0 unspecified atom stereocenters.